The molecule has 1 fully saturated rings. The fraction of sp³-hybridized carbons (Fsp3) is 0.250. The zero-order valence-corrected chi connectivity index (χ0v) is 17.5. The highest BCUT2D eigenvalue weighted by molar-refractivity contribution is 5.97. The van der Waals surface area contributed by atoms with Gasteiger partial charge in [0.05, 0.1) is 19.9 Å². The van der Waals surface area contributed by atoms with E-state index < -0.39 is 0 Å². The first-order valence-electron chi connectivity index (χ1n) is 10.1. The Hall–Kier alpha value is -3.61. The number of aromatic nitrogens is 1. The highest BCUT2D eigenvalue weighted by Crippen LogP contribution is 2.27. The van der Waals surface area contributed by atoms with Gasteiger partial charge in [0.25, 0.3) is 5.91 Å². The van der Waals surface area contributed by atoms with E-state index in [4.69, 9.17) is 9.47 Å². The van der Waals surface area contributed by atoms with Crippen LogP contribution in [0.2, 0.25) is 0 Å². The Morgan fingerprint density at radius 3 is 2.35 bits per heavy atom. The van der Waals surface area contributed by atoms with Crippen molar-refractivity contribution in [3.05, 3.63) is 72.0 Å². The predicted molar refractivity (Wildman–Crippen MR) is 117 cm³/mol. The summed E-state index contributed by atoms with van der Waals surface area (Å²) in [6.07, 6.45) is 0. The van der Waals surface area contributed by atoms with Gasteiger partial charge in [-0.15, -0.1) is 0 Å². The van der Waals surface area contributed by atoms with Crippen LogP contribution in [0.1, 0.15) is 10.4 Å². The second-order valence-corrected chi connectivity index (χ2v) is 7.24. The molecule has 160 valence electrons. The number of methoxy groups -OCH3 is 2. The van der Waals surface area contributed by atoms with Crippen molar-refractivity contribution in [3.8, 4) is 22.9 Å². The van der Waals surface area contributed by atoms with Crippen LogP contribution >= 0.6 is 0 Å². The third-order valence-corrected chi connectivity index (χ3v) is 5.41. The van der Waals surface area contributed by atoms with E-state index in [1.165, 1.54) is 19.2 Å². The number of anilines is 1. The molecule has 2 heterocycles. The van der Waals surface area contributed by atoms with E-state index in [1.54, 1.807) is 30.2 Å². The maximum atomic E-state index is 13.2. The Kier molecular flexibility index (Phi) is 6.02. The third-order valence-electron chi connectivity index (χ3n) is 5.41. The van der Waals surface area contributed by atoms with E-state index in [0.29, 0.717) is 43.3 Å². The van der Waals surface area contributed by atoms with Crippen molar-refractivity contribution >= 4 is 11.6 Å². The van der Waals surface area contributed by atoms with Crippen LogP contribution in [-0.4, -0.2) is 56.2 Å². The van der Waals surface area contributed by atoms with Gasteiger partial charge in [-0.1, -0.05) is 12.1 Å². The number of ether oxygens (including phenoxy) is 2. The lowest BCUT2D eigenvalue weighted by Crippen LogP contribution is -2.48. The van der Waals surface area contributed by atoms with Crippen molar-refractivity contribution < 1.29 is 18.7 Å². The van der Waals surface area contributed by atoms with Crippen LogP contribution in [0.3, 0.4) is 0 Å². The molecule has 0 saturated carbocycles. The molecular formula is C24H24FN3O3. The summed E-state index contributed by atoms with van der Waals surface area (Å²) in [6, 6.07) is 17.6. The summed E-state index contributed by atoms with van der Waals surface area (Å²) < 4.78 is 23.9. The minimum Gasteiger partial charge on any atom is -0.497 e. The Morgan fingerprint density at radius 1 is 0.935 bits per heavy atom. The van der Waals surface area contributed by atoms with Crippen LogP contribution in [0.15, 0.2) is 60.7 Å². The van der Waals surface area contributed by atoms with Crippen LogP contribution in [0.4, 0.5) is 10.1 Å². The highest BCUT2D eigenvalue weighted by Gasteiger charge is 2.25. The molecule has 0 atom stereocenters. The molecule has 0 spiro atoms. The molecule has 0 bridgehead atoms. The van der Waals surface area contributed by atoms with Crippen LogP contribution in [0, 0.1) is 5.82 Å². The average Bonchev–Trinajstić information content (AvgIpc) is 2.84. The number of benzene rings is 2. The van der Waals surface area contributed by atoms with Crippen LogP contribution in [0.5, 0.6) is 11.6 Å². The van der Waals surface area contributed by atoms with Crippen molar-refractivity contribution in [1.82, 2.24) is 9.88 Å². The van der Waals surface area contributed by atoms with Crippen LogP contribution in [0.25, 0.3) is 11.3 Å². The quantitative estimate of drug-likeness (QED) is 0.626. The molecule has 1 aliphatic rings. The lowest BCUT2D eigenvalue weighted by Gasteiger charge is -2.36. The first-order valence-corrected chi connectivity index (χ1v) is 10.1. The summed E-state index contributed by atoms with van der Waals surface area (Å²) in [6.45, 7) is 2.48. The van der Waals surface area contributed by atoms with Gasteiger partial charge in [-0.25, -0.2) is 9.37 Å². The van der Waals surface area contributed by atoms with Gasteiger partial charge in [0, 0.05) is 37.4 Å². The van der Waals surface area contributed by atoms with Gasteiger partial charge in [-0.3, -0.25) is 4.79 Å². The number of carbonyl (C=O) groups is 1. The fourth-order valence-electron chi connectivity index (χ4n) is 3.69. The first kappa shape index (κ1) is 20.7. The van der Waals surface area contributed by atoms with E-state index in [0.717, 1.165) is 17.0 Å². The number of amides is 1. The van der Waals surface area contributed by atoms with Gasteiger partial charge in [0.2, 0.25) is 5.88 Å². The zero-order valence-electron chi connectivity index (χ0n) is 17.5. The molecule has 1 aromatic heterocycles. The summed E-state index contributed by atoms with van der Waals surface area (Å²) in [5.41, 5.74) is 2.97. The van der Waals surface area contributed by atoms with Crippen LogP contribution in [-0.2, 0) is 0 Å². The SMILES string of the molecule is COc1cccc(-c2ccc(C(=O)N3CCN(c4ccc(F)cc4)CC3)c(OC)n2)c1. The van der Waals surface area contributed by atoms with Crippen molar-refractivity contribution in [2.45, 2.75) is 0 Å². The van der Waals surface area contributed by atoms with E-state index in [2.05, 4.69) is 9.88 Å². The van der Waals surface area contributed by atoms with Crippen molar-refractivity contribution in [2.75, 3.05) is 45.3 Å². The molecule has 0 radical (unpaired) electrons. The molecule has 0 N–H and O–H groups in total. The Balaban J connectivity index is 1.49. The van der Waals surface area contributed by atoms with Crippen LogP contribution < -0.4 is 14.4 Å². The molecular weight excluding hydrogens is 397 g/mol. The Morgan fingerprint density at radius 2 is 1.68 bits per heavy atom. The molecule has 4 rings (SSSR count). The maximum absolute atomic E-state index is 13.2. The highest BCUT2D eigenvalue weighted by atomic mass is 19.1. The fourth-order valence-corrected chi connectivity index (χ4v) is 3.69. The number of hydrogen-bond acceptors (Lipinski definition) is 5. The van der Waals surface area contributed by atoms with Gasteiger partial charge >= 0.3 is 0 Å². The normalized spacial score (nSPS) is 13.8. The van der Waals surface area contributed by atoms with Gasteiger partial charge in [-0.2, -0.15) is 0 Å². The molecule has 3 aromatic rings. The predicted octanol–water partition coefficient (Wildman–Crippen LogP) is 3.87. The van der Waals surface area contributed by atoms with Crippen molar-refractivity contribution in [2.24, 2.45) is 0 Å². The molecule has 1 aliphatic heterocycles. The molecule has 6 nitrogen and oxygen atoms in total. The number of carbonyl (C=O) groups excluding carboxylic acids is 1. The second kappa shape index (κ2) is 9.04. The minimum atomic E-state index is -0.255. The number of halogens is 1. The largest absolute Gasteiger partial charge is 0.497 e. The van der Waals surface area contributed by atoms with Crippen molar-refractivity contribution in [3.63, 3.8) is 0 Å². The molecule has 31 heavy (non-hydrogen) atoms. The minimum absolute atomic E-state index is 0.111. The smallest absolute Gasteiger partial charge is 0.259 e. The van der Waals surface area contributed by atoms with E-state index in [-0.39, 0.29) is 11.7 Å². The summed E-state index contributed by atoms with van der Waals surface area (Å²) >= 11 is 0. The first-order chi connectivity index (χ1) is 15.1. The van der Waals surface area contributed by atoms with Crippen molar-refractivity contribution in [1.29, 1.82) is 0 Å². The molecule has 7 heteroatoms. The number of nitrogens with zero attached hydrogens (tertiary/aromatic N) is 3. The summed E-state index contributed by atoms with van der Waals surface area (Å²) in [5.74, 6) is 0.665. The van der Waals surface area contributed by atoms with E-state index in [1.807, 2.05) is 30.3 Å². The maximum Gasteiger partial charge on any atom is 0.259 e. The number of rotatable bonds is 5. The monoisotopic (exact) mass is 421 g/mol. The lowest BCUT2D eigenvalue weighted by atomic mass is 10.1. The standard InChI is InChI=1S/C24H24FN3O3/c1-30-20-5-3-4-17(16-20)22-11-10-21(23(26-22)31-2)24(29)28-14-12-27(13-15-28)19-8-6-18(25)7-9-19/h3-11,16H,12-15H2,1-2H3. The topological polar surface area (TPSA) is 54.9 Å². The van der Waals surface area contributed by atoms with Gasteiger partial charge in [-0.05, 0) is 48.5 Å². The Labute approximate surface area is 180 Å². The number of hydrogen-bond donors (Lipinski definition) is 0. The summed E-state index contributed by atoms with van der Waals surface area (Å²) in [4.78, 5) is 21.6. The molecule has 0 unspecified atom stereocenters. The number of piperazine rings is 1. The van der Waals surface area contributed by atoms with Gasteiger partial charge in [0.1, 0.15) is 17.1 Å². The average molecular weight is 421 g/mol. The van der Waals surface area contributed by atoms with Gasteiger partial charge in [0.15, 0.2) is 0 Å². The van der Waals surface area contributed by atoms with E-state index >= 15 is 0 Å². The molecule has 1 amide bonds. The lowest BCUT2D eigenvalue weighted by molar-refractivity contribution is 0.0742. The third kappa shape index (κ3) is 4.45. The molecule has 2 aromatic carbocycles. The summed E-state index contributed by atoms with van der Waals surface area (Å²) in [7, 11) is 3.13. The molecule has 0 aliphatic carbocycles. The summed E-state index contributed by atoms with van der Waals surface area (Å²) in [5, 5.41) is 0. The zero-order chi connectivity index (χ0) is 21.8. The Bertz CT molecular complexity index is 1060. The number of pyridine rings is 1. The van der Waals surface area contributed by atoms with E-state index in [9.17, 15) is 9.18 Å². The molecule has 1 saturated heterocycles. The van der Waals surface area contributed by atoms with Gasteiger partial charge < -0.3 is 19.3 Å². The second-order valence-electron chi connectivity index (χ2n) is 7.24.